The smallest absolute Gasteiger partial charge is 0.335 e. The lowest BCUT2D eigenvalue weighted by atomic mass is 10.1. The van der Waals surface area contributed by atoms with E-state index in [1.807, 2.05) is 24.3 Å². The van der Waals surface area contributed by atoms with Crippen LogP contribution >= 0.6 is 11.3 Å². The summed E-state index contributed by atoms with van der Waals surface area (Å²) in [5.74, 6) is -1.69. The van der Waals surface area contributed by atoms with Gasteiger partial charge in [-0.1, -0.05) is 29.4 Å². The first-order valence-electron chi connectivity index (χ1n) is 9.78. The summed E-state index contributed by atoms with van der Waals surface area (Å²) in [6, 6.07) is 7.11. The molecule has 2 aromatic rings. The van der Waals surface area contributed by atoms with Gasteiger partial charge < -0.3 is 20.6 Å². The number of nitrogens with two attached hydrogens (primary N) is 1. The molecule has 1 aliphatic carbocycles. The van der Waals surface area contributed by atoms with E-state index in [9.17, 15) is 14.4 Å². The summed E-state index contributed by atoms with van der Waals surface area (Å²) in [5, 5.41) is 9.02. The number of carbonyl (C=O) groups is 3. The number of nitrogens with zero attached hydrogens (tertiary/aromatic N) is 3. The van der Waals surface area contributed by atoms with Crippen molar-refractivity contribution in [1.29, 1.82) is 0 Å². The molecule has 0 bridgehead atoms. The van der Waals surface area contributed by atoms with Crippen molar-refractivity contribution in [2.75, 3.05) is 26.0 Å². The molecular formula is C20H21N5O6S. The highest BCUT2D eigenvalue weighted by Gasteiger charge is 2.40. The van der Waals surface area contributed by atoms with Gasteiger partial charge in [-0.2, -0.15) is 0 Å². The van der Waals surface area contributed by atoms with Gasteiger partial charge in [0.2, 0.25) is 0 Å². The average Bonchev–Trinajstić information content (AvgIpc) is 3.38. The molecule has 0 spiro atoms. The molecule has 1 aliphatic heterocycles. The van der Waals surface area contributed by atoms with Crippen LogP contribution in [0.4, 0.5) is 5.13 Å². The molecule has 1 fully saturated rings. The minimum Gasteiger partial charge on any atom is -0.460 e. The summed E-state index contributed by atoms with van der Waals surface area (Å²) in [4.78, 5) is 50.7. The Bertz CT molecular complexity index is 1050. The van der Waals surface area contributed by atoms with Gasteiger partial charge in [0.25, 0.3) is 11.8 Å². The van der Waals surface area contributed by atoms with Crippen LogP contribution in [0.2, 0.25) is 0 Å². The zero-order valence-electron chi connectivity index (χ0n) is 17.1. The molecule has 4 rings (SSSR count). The Hall–Kier alpha value is -3.51. The second-order valence-corrected chi connectivity index (χ2v) is 8.07. The first-order chi connectivity index (χ1) is 15.4. The lowest BCUT2D eigenvalue weighted by molar-refractivity contribution is -0.219. The number of anilines is 1. The number of oxime groups is 1. The zero-order valence-corrected chi connectivity index (χ0v) is 18.0. The number of ether oxygens (including phenoxy) is 1. The van der Waals surface area contributed by atoms with Crippen molar-refractivity contribution >= 4 is 40.0 Å². The number of rotatable bonds is 8. The fourth-order valence-electron chi connectivity index (χ4n) is 3.49. The van der Waals surface area contributed by atoms with E-state index in [0.717, 1.165) is 16.4 Å². The van der Waals surface area contributed by atoms with E-state index in [1.54, 1.807) is 5.38 Å². The molecule has 11 nitrogen and oxygen atoms in total. The molecule has 168 valence electrons. The van der Waals surface area contributed by atoms with Crippen molar-refractivity contribution in [2.24, 2.45) is 5.16 Å². The summed E-state index contributed by atoms with van der Waals surface area (Å²) < 4.78 is 5.43. The highest BCUT2D eigenvalue weighted by Crippen LogP contribution is 2.24. The fraction of sp³-hybridized carbons (Fsp3) is 0.350. The van der Waals surface area contributed by atoms with Crippen LogP contribution in [0.3, 0.4) is 0 Å². The molecule has 0 unspecified atom stereocenters. The summed E-state index contributed by atoms with van der Waals surface area (Å²) >= 11 is 1.14. The number of hydrogen-bond acceptors (Lipinski definition) is 10. The van der Waals surface area contributed by atoms with Crippen molar-refractivity contribution < 1.29 is 28.8 Å². The lowest BCUT2D eigenvalue weighted by Crippen LogP contribution is -2.64. The van der Waals surface area contributed by atoms with Crippen molar-refractivity contribution in [2.45, 2.75) is 25.0 Å². The van der Waals surface area contributed by atoms with Gasteiger partial charge in [0.1, 0.15) is 24.9 Å². The van der Waals surface area contributed by atoms with Gasteiger partial charge in [0.05, 0.1) is 6.54 Å². The number of nitrogen functional groups attached to an aromatic ring is 1. The van der Waals surface area contributed by atoms with Gasteiger partial charge in [-0.25, -0.2) is 14.8 Å². The molecule has 0 saturated carbocycles. The van der Waals surface area contributed by atoms with Crippen molar-refractivity contribution in [3.05, 3.63) is 46.5 Å². The molecule has 1 saturated heterocycles. The molecule has 2 heterocycles. The summed E-state index contributed by atoms with van der Waals surface area (Å²) in [6.45, 7) is -0.320. The number of aromatic nitrogens is 1. The lowest BCUT2D eigenvalue weighted by Gasteiger charge is -2.36. The second kappa shape index (κ2) is 9.32. The number of nitrogens with one attached hydrogen (secondary N) is 1. The molecule has 1 aromatic heterocycles. The first-order valence-corrected chi connectivity index (χ1v) is 10.7. The third-order valence-corrected chi connectivity index (χ3v) is 5.68. The number of esters is 1. The largest absolute Gasteiger partial charge is 0.460 e. The van der Waals surface area contributed by atoms with Gasteiger partial charge in [-0.15, -0.1) is 11.3 Å². The molecule has 32 heavy (non-hydrogen) atoms. The quantitative estimate of drug-likeness (QED) is 0.244. The summed E-state index contributed by atoms with van der Waals surface area (Å²) in [6.07, 6.45) is 1.09. The van der Waals surface area contributed by atoms with Crippen LogP contribution in [0, 0.1) is 0 Å². The molecule has 0 radical (unpaired) electrons. The number of benzene rings is 1. The molecule has 12 heteroatoms. The Morgan fingerprint density at radius 3 is 2.62 bits per heavy atom. The molecule has 2 amide bonds. The van der Waals surface area contributed by atoms with E-state index in [2.05, 4.69) is 20.3 Å². The highest BCUT2D eigenvalue weighted by molar-refractivity contribution is 7.13. The van der Waals surface area contributed by atoms with Gasteiger partial charge in [-0.3, -0.25) is 14.4 Å². The number of carbonyl (C=O) groups excluding carboxylic acids is 3. The van der Waals surface area contributed by atoms with E-state index in [-0.39, 0.29) is 29.2 Å². The molecule has 3 N–H and O–H groups in total. The van der Waals surface area contributed by atoms with Gasteiger partial charge in [-0.05, 0) is 11.1 Å². The normalized spacial score (nSPS) is 18.2. The predicted octanol–water partition coefficient (Wildman–Crippen LogP) is 0.0450. The molecular weight excluding hydrogens is 438 g/mol. The van der Waals surface area contributed by atoms with Crippen molar-refractivity contribution in [3.8, 4) is 0 Å². The Kier molecular flexibility index (Phi) is 6.32. The fourth-order valence-corrected chi connectivity index (χ4v) is 4.04. The van der Waals surface area contributed by atoms with Crippen LogP contribution in [-0.4, -0.2) is 65.9 Å². The van der Waals surface area contributed by atoms with Gasteiger partial charge in [0.15, 0.2) is 17.5 Å². The standard InChI is InChI=1S/C20H21N5O6S/c1-29-24-17(15-10-32-20(21)23-15)18(27)22-14-8-25(19(14)28)30-9-16(26)31-13-6-11-4-2-3-5-12(11)7-13/h2-5,10,13-14H,6-9H2,1H3,(H2,21,23)(H,22,27)/b24-17-/t14-/m0/s1. The maximum atomic E-state index is 12.5. The first kappa shape index (κ1) is 21.7. The number of amides is 2. The highest BCUT2D eigenvalue weighted by atomic mass is 32.1. The number of thiazole rings is 1. The number of hydrogen-bond donors (Lipinski definition) is 2. The van der Waals surface area contributed by atoms with Crippen LogP contribution in [0.15, 0.2) is 34.8 Å². The van der Waals surface area contributed by atoms with Crippen LogP contribution < -0.4 is 11.1 Å². The van der Waals surface area contributed by atoms with E-state index < -0.39 is 30.4 Å². The average molecular weight is 459 g/mol. The number of hydroxylamine groups is 2. The zero-order chi connectivity index (χ0) is 22.7. The monoisotopic (exact) mass is 459 g/mol. The molecule has 2 aliphatic rings. The third-order valence-electron chi connectivity index (χ3n) is 5.01. The minimum atomic E-state index is -0.819. The number of fused-ring (bicyclic) bond motifs is 1. The SMILES string of the molecule is CO/N=C(\C(=O)N[C@H]1CN(OCC(=O)OC2Cc3ccccc3C2)C1=O)c1csc(N)n1. The van der Waals surface area contributed by atoms with E-state index in [0.29, 0.717) is 12.8 Å². The van der Waals surface area contributed by atoms with E-state index in [4.69, 9.17) is 15.3 Å². The Morgan fingerprint density at radius 1 is 1.31 bits per heavy atom. The minimum absolute atomic E-state index is 0.0756. The maximum absolute atomic E-state index is 12.5. The summed E-state index contributed by atoms with van der Waals surface area (Å²) in [5.41, 5.74) is 8.06. The molecule has 1 aromatic carbocycles. The predicted molar refractivity (Wildman–Crippen MR) is 113 cm³/mol. The molecule has 1 atom stereocenters. The van der Waals surface area contributed by atoms with E-state index in [1.165, 1.54) is 18.2 Å². The van der Waals surface area contributed by atoms with E-state index >= 15 is 0 Å². The Balaban J connectivity index is 1.21. The van der Waals surface area contributed by atoms with Crippen LogP contribution in [-0.2, 0) is 41.6 Å². The van der Waals surface area contributed by atoms with Crippen LogP contribution in [0.1, 0.15) is 16.8 Å². The summed E-state index contributed by atoms with van der Waals surface area (Å²) in [7, 11) is 1.29. The maximum Gasteiger partial charge on any atom is 0.335 e. The second-order valence-electron chi connectivity index (χ2n) is 7.18. The van der Waals surface area contributed by atoms with Crippen LogP contribution in [0.5, 0.6) is 0 Å². The van der Waals surface area contributed by atoms with Crippen molar-refractivity contribution in [1.82, 2.24) is 15.4 Å². The third kappa shape index (κ3) is 4.70. The Morgan fingerprint density at radius 2 is 2.03 bits per heavy atom. The topological polar surface area (TPSA) is 145 Å². The van der Waals surface area contributed by atoms with Crippen molar-refractivity contribution in [3.63, 3.8) is 0 Å². The van der Waals surface area contributed by atoms with Crippen LogP contribution in [0.25, 0.3) is 0 Å². The Labute approximate surface area is 187 Å². The van der Waals surface area contributed by atoms with Gasteiger partial charge in [0, 0.05) is 18.2 Å². The van der Waals surface area contributed by atoms with Gasteiger partial charge >= 0.3 is 5.97 Å². The number of β-lactam (4-membered cyclic amide) rings is 1.